The SMILES string of the molecule is Cc1ccc(COc2ccc(Nc3c(C#N)cnc4cc(OC5CCN(C)CC5)c(N)cc34)cc2Cl)cc1. The Bertz CT molecular complexity index is 1490. The summed E-state index contributed by atoms with van der Waals surface area (Å²) >= 11 is 6.54. The minimum atomic E-state index is 0.121. The predicted molar refractivity (Wildman–Crippen MR) is 152 cm³/mol. The van der Waals surface area contributed by atoms with Gasteiger partial charge in [-0.25, -0.2) is 0 Å². The highest BCUT2D eigenvalue weighted by Gasteiger charge is 2.20. The summed E-state index contributed by atoms with van der Waals surface area (Å²) in [6.45, 7) is 4.46. The van der Waals surface area contributed by atoms with Crippen molar-refractivity contribution in [3.05, 3.63) is 82.5 Å². The van der Waals surface area contributed by atoms with Crippen LogP contribution in [0.4, 0.5) is 17.1 Å². The molecule has 1 aliphatic heterocycles. The van der Waals surface area contributed by atoms with Crippen molar-refractivity contribution in [1.82, 2.24) is 9.88 Å². The van der Waals surface area contributed by atoms with Gasteiger partial charge in [-0.15, -0.1) is 0 Å². The average molecular weight is 528 g/mol. The number of nitriles is 1. The maximum Gasteiger partial charge on any atom is 0.144 e. The third kappa shape index (κ3) is 5.77. The van der Waals surface area contributed by atoms with Crippen LogP contribution in [0.2, 0.25) is 5.02 Å². The van der Waals surface area contributed by atoms with Gasteiger partial charge in [-0.2, -0.15) is 5.26 Å². The third-order valence-electron chi connectivity index (χ3n) is 6.80. The van der Waals surface area contributed by atoms with Crippen molar-refractivity contribution >= 4 is 39.6 Å². The van der Waals surface area contributed by atoms with Crippen molar-refractivity contribution in [3.8, 4) is 17.6 Å². The Hall–Kier alpha value is -3.99. The zero-order chi connectivity index (χ0) is 26.6. The number of nitrogens with one attached hydrogen (secondary N) is 1. The number of ether oxygens (including phenoxy) is 2. The van der Waals surface area contributed by atoms with Crippen molar-refractivity contribution in [2.24, 2.45) is 0 Å². The maximum atomic E-state index is 9.78. The molecule has 3 N–H and O–H groups in total. The van der Waals surface area contributed by atoms with E-state index in [1.165, 1.54) is 5.56 Å². The normalized spacial score (nSPS) is 14.3. The number of pyridine rings is 1. The molecule has 0 saturated carbocycles. The molecule has 4 aromatic rings. The number of rotatable bonds is 7. The second-order valence-electron chi connectivity index (χ2n) is 9.73. The number of likely N-dealkylation sites (tertiary alicyclic amines) is 1. The van der Waals surface area contributed by atoms with E-state index in [9.17, 15) is 5.26 Å². The molecule has 0 bridgehead atoms. The number of benzene rings is 3. The lowest BCUT2D eigenvalue weighted by atomic mass is 10.1. The lowest BCUT2D eigenvalue weighted by Crippen LogP contribution is -2.35. The Morgan fingerprint density at radius 3 is 2.58 bits per heavy atom. The maximum absolute atomic E-state index is 9.78. The first-order chi connectivity index (χ1) is 18.4. The smallest absolute Gasteiger partial charge is 0.144 e. The van der Waals surface area contributed by atoms with Gasteiger partial charge >= 0.3 is 0 Å². The second kappa shape index (κ2) is 11.2. The van der Waals surface area contributed by atoms with E-state index < -0.39 is 0 Å². The fourth-order valence-corrected chi connectivity index (χ4v) is 4.76. The van der Waals surface area contributed by atoms with E-state index in [0.717, 1.165) is 36.9 Å². The molecular formula is C30H30ClN5O2. The van der Waals surface area contributed by atoms with Gasteiger partial charge in [0, 0.05) is 36.4 Å². The van der Waals surface area contributed by atoms with Crippen LogP contribution in [0.5, 0.6) is 11.5 Å². The Kier molecular flexibility index (Phi) is 7.54. The van der Waals surface area contributed by atoms with E-state index >= 15 is 0 Å². The summed E-state index contributed by atoms with van der Waals surface area (Å²) in [7, 11) is 2.12. The van der Waals surface area contributed by atoms with E-state index in [0.29, 0.717) is 51.3 Å². The van der Waals surface area contributed by atoms with Crippen LogP contribution in [-0.2, 0) is 6.61 Å². The van der Waals surface area contributed by atoms with Gasteiger partial charge in [0.15, 0.2) is 0 Å². The van der Waals surface area contributed by atoms with E-state index in [1.807, 2.05) is 36.4 Å². The fraction of sp³-hybridized carbons (Fsp3) is 0.267. The third-order valence-corrected chi connectivity index (χ3v) is 7.09. The number of nitrogens with zero attached hydrogens (tertiary/aromatic N) is 3. The van der Waals surface area contributed by atoms with Crippen molar-refractivity contribution in [1.29, 1.82) is 5.26 Å². The molecule has 0 spiro atoms. The first-order valence-corrected chi connectivity index (χ1v) is 13.0. The molecule has 38 heavy (non-hydrogen) atoms. The molecule has 0 aliphatic carbocycles. The van der Waals surface area contributed by atoms with Crippen molar-refractivity contribution < 1.29 is 9.47 Å². The molecule has 0 radical (unpaired) electrons. The zero-order valence-corrected chi connectivity index (χ0v) is 22.3. The summed E-state index contributed by atoms with van der Waals surface area (Å²) in [6, 6.07) is 19.5. The van der Waals surface area contributed by atoms with Crippen LogP contribution in [0, 0.1) is 18.3 Å². The molecule has 5 rings (SSSR count). The minimum Gasteiger partial charge on any atom is -0.488 e. The first-order valence-electron chi connectivity index (χ1n) is 12.6. The molecule has 8 heteroatoms. The van der Waals surface area contributed by atoms with Crippen molar-refractivity contribution in [3.63, 3.8) is 0 Å². The number of aromatic nitrogens is 1. The number of nitrogens with two attached hydrogens (primary N) is 1. The van der Waals surface area contributed by atoms with Gasteiger partial charge in [0.25, 0.3) is 0 Å². The molecule has 7 nitrogen and oxygen atoms in total. The summed E-state index contributed by atoms with van der Waals surface area (Å²) < 4.78 is 12.2. The molecule has 0 atom stereocenters. The Morgan fingerprint density at radius 2 is 1.87 bits per heavy atom. The highest BCUT2D eigenvalue weighted by atomic mass is 35.5. The summed E-state index contributed by atoms with van der Waals surface area (Å²) in [5, 5.41) is 14.3. The monoisotopic (exact) mass is 527 g/mol. The Morgan fingerprint density at radius 1 is 1.11 bits per heavy atom. The number of anilines is 3. The van der Waals surface area contributed by atoms with Gasteiger partial charge in [0.1, 0.15) is 30.3 Å². The van der Waals surface area contributed by atoms with Gasteiger partial charge < -0.3 is 25.4 Å². The standard InChI is InChI=1S/C30H30ClN5O2/c1-19-3-5-20(6-4-19)18-37-28-8-7-22(13-25(28)31)35-30-21(16-32)17-34-27-15-29(26(33)14-24(27)30)38-23-9-11-36(2)12-10-23/h3-8,13-15,17,23H,9-12,18,33H2,1-2H3,(H,34,35). The molecular weight excluding hydrogens is 498 g/mol. The van der Waals surface area contributed by atoms with Gasteiger partial charge in [0.2, 0.25) is 0 Å². The number of hydrogen-bond donors (Lipinski definition) is 2. The van der Waals surface area contributed by atoms with Crippen LogP contribution in [0.3, 0.4) is 0 Å². The molecule has 1 aromatic heterocycles. The van der Waals surface area contributed by atoms with E-state index in [1.54, 1.807) is 12.3 Å². The van der Waals surface area contributed by atoms with E-state index in [2.05, 4.69) is 47.4 Å². The molecule has 194 valence electrons. The van der Waals surface area contributed by atoms with Gasteiger partial charge in [0.05, 0.1) is 27.5 Å². The molecule has 0 amide bonds. The second-order valence-corrected chi connectivity index (χ2v) is 10.1. The lowest BCUT2D eigenvalue weighted by Gasteiger charge is -2.29. The average Bonchev–Trinajstić information content (AvgIpc) is 2.91. The van der Waals surface area contributed by atoms with Crippen LogP contribution in [0.25, 0.3) is 10.9 Å². The predicted octanol–water partition coefficient (Wildman–Crippen LogP) is 6.45. The van der Waals surface area contributed by atoms with Crippen LogP contribution in [-0.4, -0.2) is 36.1 Å². The molecule has 3 aromatic carbocycles. The number of piperidine rings is 1. The van der Waals surface area contributed by atoms with Crippen molar-refractivity contribution in [2.75, 3.05) is 31.2 Å². The molecule has 2 heterocycles. The topological polar surface area (TPSA) is 96.4 Å². The quantitative estimate of drug-likeness (QED) is 0.267. The number of hydrogen-bond acceptors (Lipinski definition) is 7. The molecule has 1 aliphatic rings. The summed E-state index contributed by atoms with van der Waals surface area (Å²) in [5.74, 6) is 1.20. The minimum absolute atomic E-state index is 0.121. The highest BCUT2D eigenvalue weighted by molar-refractivity contribution is 6.32. The summed E-state index contributed by atoms with van der Waals surface area (Å²) in [6.07, 6.45) is 3.58. The Balaban J connectivity index is 1.37. The number of halogens is 1. The number of nitrogen functional groups attached to an aromatic ring is 1. The van der Waals surface area contributed by atoms with Gasteiger partial charge in [-0.05, 0) is 56.6 Å². The molecule has 1 saturated heterocycles. The fourth-order valence-electron chi connectivity index (χ4n) is 4.53. The van der Waals surface area contributed by atoms with Crippen LogP contribution in [0.15, 0.2) is 60.8 Å². The lowest BCUT2D eigenvalue weighted by molar-refractivity contribution is 0.115. The number of fused-ring (bicyclic) bond motifs is 1. The van der Waals surface area contributed by atoms with Gasteiger partial charge in [-0.1, -0.05) is 41.4 Å². The highest BCUT2D eigenvalue weighted by Crippen LogP contribution is 2.37. The van der Waals surface area contributed by atoms with Crippen LogP contribution in [0.1, 0.15) is 29.5 Å². The van der Waals surface area contributed by atoms with Crippen molar-refractivity contribution in [2.45, 2.75) is 32.5 Å². The van der Waals surface area contributed by atoms with Crippen LogP contribution < -0.4 is 20.5 Å². The number of aryl methyl sites for hydroxylation is 1. The molecule has 1 fully saturated rings. The Labute approximate surface area is 227 Å². The zero-order valence-electron chi connectivity index (χ0n) is 21.5. The van der Waals surface area contributed by atoms with E-state index in [4.69, 9.17) is 26.8 Å². The summed E-state index contributed by atoms with van der Waals surface area (Å²) in [5.41, 5.74) is 11.6. The van der Waals surface area contributed by atoms with E-state index in [-0.39, 0.29) is 6.10 Å². The first kappa shape index (κ1) is 25.7. The van der Waals surface area contributed by atoms with Crippen LogP contribution >= 0.6 is 11.6 Å². The molecule has 0 unspecified atom stereocenters. The van der Waals surface area contributed by atoms with Gasteiger partial charge in [-0.3, -0.25) is 4.98 Å². The summed E-state index contributed by atoms with van der Waals surface area (Å²) in [4.78, 5) is 6.79. The largest absolute Gasteiger partial charge is 0.488 e.